The molecule has 0 radical (unpaired) electrons. The molecule has 19 heteroatoms. The molecule has 0 amide bonds. The van der Waals surface area contributed by atoms with E-state index in [1.165, 1.54) is 186 Å². The van der Waals surface area contributed by atoms with Gasteiger partial charge in [0.25, 0.3) is 0 Å². The number of allylic oxidation sites excluding steroid dienone is 4. The summed E-state index contributed by atoms with van der Waals surface area (Å²) in [4.78, 5) is 72.7. The van der Waals surface area contributed by atoms with Crippen molar-refractivity contribution in [1.82, 2.24) is 0 Å². The number of phosphoric acid groups is 2. The second-order valence-electron chi connectivity index (χ2n) is 26.7. The number of phosphoric ester groups is 2. The number of hydrogen-bond acceptors (Lipinski definition) is 15. The van der Waals surface area contributed by atoms with E-state index in [0.29, 0.717) is 25.7 Å². The summed E-state index contributed by atoms with van der Waals surface area (Å²) < 4.78 is 68.4. The van der Waals surface area contributed by atoms with E-state index in [-0.39, 0.29) is 25.7 Å². The Hall–Kier alpha value is -2.46. The van der Waals surface area contributed by atoms with E-state index in [2.05, 4.69) is 52.0 Å². The van der Waals surface area contributed by atoms with Crippen LogP contribution in [0.2, 0.25) is 0 Å². The van der Waals surface area contributed by atoms with Gasteiger partial charge in [0.15, 0.2) is 12.2 Å². The zero-order valence-corrected chi connectivity index (χ0v) is 62.9. The summed E-state index contributed by atoms with van der Waals surface area (Å²) in [6, 6.07) is 0. The molecule has 0 spiro atoms. The molecule has 0 bridgehead atoms. The Kier molecular flexibility index (Phi) is 68.2. The number of unbranched alkanes of at least 4 members (excludes halogenated alkanes) is 46. The Labute approximate surface area is 580 Å². The first kappa shape index (κ1) is 92.5. The van der Waals surface area contributed by atoms with Crippen LogP contribution < -0.4 is 0 Å². The Morgan fingerprint density at radius 3 is 0.768 bits per heavy atom. The van der Waals surface area contributed by atoms with Crippen LogP contribution in [0.25, 0.3) is 0 Å². The molecule has 5 atom stereocenters. The van der Waals surface area contributed by atoms with Crippen LogP contribution in [0, 0.1) is 0 Å². The molecule has 0 aromatic carbocycles. The zero-order chi connectivity index (χ0) is 69.7. The summed E-state index contributed by atoms with van der Waals surface area (Å²) in [5, 5.41) is 10.6. The maximum absolute atomic E-state index is 13.1. The zero-order valence-electron chi connectivity index (χ0n) is 61.1. The second-order valence-corrected chi connectivity index (χ2v) is 29.6. The normalized spacial score (nSPS) is 14.1. The van der Waals surface area contributed by atoms with Crippen LogP contribution in [-0.4, -0.2) is 96.7 Å². The number of carbonyl (C=O) groups is 4. The van der Waals surface area contributed by atoms with Gasteiger partial charge in [0.1, 0.15) is 19.3 Å². The Morgan fingerprint density at radius 1 is 0.295 bits per heavy atom. The Bertz CT molecular complexity index is 1900. The van der Waals surface area contributed by atoms with Crippen LogP contribution in [0.5, 0.6) is 0 Å². The lowest BCUT2D eigenvalue weighted by Crippen LogP contribution is -2.30. The predicted octanol–water partition coefficient (Wildman–Crippen LogP) is 22.2. The average molecular weight is 1390 g/mol. The number of aliphatic hydroxyl groups is 1. The van der Waals surface area contributed by atoms with Gasteiger partial charge in [-0.05, 0) is 51.4 Å². The fourth-order valence-electron chi connectivity index (χ4n) is 11.2. The molecule has 0 aliphatic carbocycles. The van der Waals surface area contributed by atoms with Gasteiger partial charge in [-0.25, -0.2) is 9.13 Å². The summed E-state index contributed by atoms with van der Waals surface area (Å²) in [6.07, 6.45) is 63.3. The number of esters is 4. The van der Waals surface area contributed by atoms with Gasteiger partial charge in [0.2, 0.25) is 0 Å². The van der Waals surface area contributed by atoms with Crippen LogP contribution in [0.15, 0.2) is 24.3 Å². The van der Waals surface area contributed by atoms with Gasteiger partial charge in [-0.1, -0.05) is 328 Å². The summed E-state index contributed by atoms with van der Waals surface area (Å²) in [7, 11) is -9.92. The topological polar surface area (TPSA) is 237 Å². The van der Waals surface area contributed by atoms with Crippen LogP contribution in [-0.2, 0) is 65.4 Å². The maximum atomic E-state index is 13.1. The molecule has 0 rings (SSSR count). The first-order valence-electron chi connectivity index (χ1n) is 39.1. The van der Waals surface area contributed by atoms with E-state index >= 15 is 0 Å². The lowest BCUT2D eigenvalue weighted by molar-refractivity contribution is -0.161. The molecule has 0 aromatic rings. The molecule has 0 aliphatic rings. The number of rotatable bonds is 75. The predicted molar refractivity (Wildman–Crippen MR) is 386 cm³/mol. The monoisotopic (exact) mass is 1390 g/mol. The Morgan fingerprint density at radius 2 is 0.505 bits per heavy atom. The highest BCUT2D eigenvalue weighted by Gasteiger charge is 2.30. The van der Waals surface area contributed by atoms with Crippen molar-refractivity contribution in [3.63, 3.8) is 0 Å². The first-order valence-corrected chi connectivity index (χ1v) is 42.1. The van der Waals surface area contributed by atoms with Gasteiger partial charge in [-0.2, -0.15) is 0 Å². The SMILES string of the molecule is CCCCCC/C=C\C=C/CCCCCCCC(=O)OC[C@H](COP(=O)(O)OC[C@@H](O)COP(=O)(O)OC[C@@H](COC(=O)CCCCCCCCCC)OC(=O)CCCCCCCCCCCCCC)OC(=O)CCCCCCCCCCCCCCCCCCCCCC. The molecule has 95 heavy (non-hydrogen) atoms. The minimum absolute atomic E-state index is 0.102. The molecule has 0 saturated heterocycles. The first-order chi connectivity index (χ1) is 46.2. The molecular formula is C76H144O17P2. The molecule has 0 aliphatic heterocycles. The summed E-state index contributed by atoms with van der Waals surface area (Å²) in [5.41, 5.74) is 0. The van der Waals surface area contributed by atoms with Crippen molar-refractivity contribution in [3.8, 4) is 0 Å². The highest BCUT2D eigenvalue weighted by atomic mass is 31.2. The number of hydrogen-bond donors (Lipinski definition) is 3. The van der Waals surface area contributed by atoms with Crippen LogP contribution in [0.1, 0.15) is 381 Å². The van der Waals surface area contributed by atoms with Gasteiger partial charge in [0, 0.05) is 25.7 Å². The third-order valence-corrected chi connectivity index (χ3v) is 19.1. The van der Waals surface area contributed by atoms with E-state index in [9.17, 15) is 43.2 Å². The molecule has 2 unspecified atom stereocenters. The van der Waals surface area contributed by atoms with Gasteiger partial charge >= 0.3 is 39.5 Å². The molecule has 3 N–H and O–H groups in total. The largest absolute Gasteiger partial charge is 0.472 e. The molecule has 0 saturated carbocycles. The van der Waals surface area contributed by atoms with E-state index in [1.54, 1.807) is 0 Å². The number of aliphatic hydroxyl groups excluding tert-OH is 1. The Balaban J connectivity index is 5.22. The molecule has 0 heterocycles. The fourth-order valence-corrected chi connectivity index (χ4v) is 12.8. The van der Waals surface area contributed by atoms with E-state index in [1.807, 2.05) is 0 Å². The summed E-state index contributed by atoms with van der Waals surface area (Å²) >= 11 is 0. The minimum atomic E-state index is -4.96. The van der Waals surface area contributed by atoms with E-state index < -0.39 is 97.5 Å². The number of ether oxygens (including phenoxy) is 4. The van der Waals surface area contributed by atoms with Crippen molar-refractivity contribution in [2.45, 2.75) is 399 Å². The molecule has 17 nitrogen and oxygen atoms in total. The number of carbonyl (C=O) groups excluding carboxylic acids is 4. The molecular weight excluding hydrogens is 1250 g/mol. The molecule has 0 fully saturated rings. The van der Waals surface area contributed by atoms with Crippen LogP contribution in [0.4, 0.5) is 0 Å². The smallest absolute Gasteiger partial charge is 0.462 e. The standard InChI is InChI=1S/C76H144O17P2/c1-5-9-13-17-21-25-28-31-33-34-35-36-37-39-41-44-47-51-55-59-63-76(81)93-72(67-87-74(79)61-57-53-49-45-43-40-38-32-29-26-22-18-14-10-6-2)69-91-95(84,85)89-65-70(77)64-88-94(82,83)90-68-71(66-86-73(78)60-56-52-48-24-20-16-12-8-4)92-75(80)62-58-54-50-46-42-30-27-23-19-15-11-7-3/h26,29,32,38,70-72,77H,5-25,27-28,30-31,33-37,39-69H2,1-4H3,(H,82,83)(H,84,85)/b29-26-,38-32-/t70-,71+,72+/m0/s1. The van der Waals surface area contributed by atoms with Crippen molar-refractivity contribution < 1.29 is 80.2 Å². The quantitative estimate of drug-likeness (QED) is 0.0169. The van der Waals surface area contributed by atoms with Gasteiger partial charge in [-0.3, -0.25) is 37.3 Å². The van der Waals surface area contributed by atoms with E-state index in [0.717, 1.165) is 116 Å². The summed E-state index contributed by atoms with van der Waals surface area (Å²) in [5.74, 6) is -2.15. The molecule has 560 valence electrons. The van der Waals surface area contributed by atoms with Crippen molar-refractivity contribution in [1.29, 1.82) is 0 Å². The average Bonchev–Trinajstić information content (AvgIpc) is 3.66. The van der Waals surface area contributed by atoms with Gasteiger partial charge in [-0.15, -0.1) is 0 Å². The fraction of sp³-hybridized carbons (Fsp3) is 0.895. The summed E-state index contributed by atoms with van der Waals surface area (Å²) in [6.45, 7) is 4.89. The third kappa shape index (κ3) is 69.8. The highest BCUT2D eigenvalue weighted by molar-refractivity contribution is 7.47. The second kappa shape index (κ2) is 70.0. The van der Waals surface area contributed by atoms with E-state index in [4.69, 9.17) is 37.0 Å². The lowest BCUT2D eigenvalue weighted by Gasteiger charge is -2.21. The lowest BCUT2D eigenvalue weighted by atomic mass is 10.0. The van der Waals surface area contributed by atoms with Gasteiger partial charge < -0.3 is 33.8 Å². The van der Waals surface area contributed by atoms with Crippen LogP contribution >= 0.6 is 15.6 Å². The third-order valence-electron chi connectivity index (χ3n) is 17.2. The maximum Gasteiger partial charge on any atom is 0.472 e. The minimum Gasteiger partial charge on any atom is -0.462 e. The van der Waals surface area contributed by atoms with Crippen LogP contribution in [0.3, 0.4) is 0 Å². The van der Waals surface area contributed by atoms with Crippen molar-refractivity contribution in [3.05, 3.63) is 24.3 Å². The van der Waals surface area contributed by atoms with Crippen molar-refractivity contribution >= 4 is 39.5 Å². The molecule has 0 aromatic heterocycles. The van der Waals surface area contributed by atoms with Gasteiger partial charge in [0.05, 0.1) is 26.4 Å². The van der Waals surface area contributed by atoms with Crippen molar-refractivity contribution in [2.75, 3.05) is 39.6 Å². The van der Waals surface area contributed by atoms with Crippen molar-refractivity contribution in [2.24, 2.45) is 0 Å². The highest BCUT2D eigenvalue weighted by Crippen LogP contribution is 2.45.